The van der Waals surface area contributed by atoms with Crippen molar-refractivity contribution in [3.8, 4) is 0 Å². The van der Waals surface area contributed by atoms with E-state index in [4.69, 9.17) is 0 Å². The van der Waals surface area contributed by atoms with Crippen LogP contribution in [-0.2, 0) is 17.8 Å². The fraction of sp³-hybridized carbons (Fsp3) is 0.500. The van der Waals surface area contributed by atoms with Crippen molar-refractivity contribution in [2.24, 2.45) is 11.8 Å². The molecule has 3 heterocycles. The molecule has 0 saturated carbocycles. The lowest BCUT2D eigenvalue weighted by atomic mass is 9.81. The Morgan fingerprint density at radius 2 is 1.72 bits per heavy atom. The van der Waals surface area contributed by atoms with Crippen LogP contribution < -0.4 is 4.90 Å². The fourth-order valence-electron chi connectivity index (χ4n) is 4.81. The Balaban J connectivity index is 1.29. The number of hydrogen-bond acceptors (Lipinski definition) is 5. The minimum absolute atomic E-state index is 0.120. The molecular formula is C26H35N5O. The Bertz CT molecular complexity index is 888. The average Bonchev–Trinajstić information content (AvgIpc) is 3.00. The topological polar surface area (TPSA) is 52.6 Å². The molecule has 0 aliphatic carbocycles. The molecule has 0 N–H and O–H groups in total. The maximum absolute atomic E-state index is 13.4. The van der Waals surface area contributed by atoms with Crippen molar-refractivity contribution in [2.75, 3.05) is 45.2 Å². The Hall–Kier alpha value is -2.73. The number of carbonyl (C=O) groups is 1. The quantitative estimate of drug-likeness (QED) is 0.627. The zero-order valence-corrected chi connectivity index (χ0v) is 19.4. The Morgan fingerprint density at radius 1 is 1.00 bits per heavy atom. The second-order valence-corrected chi connectivity index (χ2v) is 9.23. The van der Waals surface area contributed by atoms with Gasteiger partial charge in [-0.1, -0.05) is 42.5 Å². The average molecular weight is 434 g/mol. The van der Waals surface area contributed by atoms with Crippen LogP contribution in [0.1, 0.15) is 30.4 Å². The van der Waals surface area contributed by atoms with E-state index in [2.05, 4.69) is 56.2 Å². The van der Waals surface area contributed by atoms with Crippen molar-refractivity contribution in [3.63, 3.8) is 0 Å². The minimum atomic E-state index is 0.120. The highest BCUT2D eigenvalue weighted by atomic mass is 16.2. The van der Waals surface area contributed by atoms with Crippen molar-refractivity contribution < 1.29 is 4.79 Å². The lowest BCUT2D eigenvalue weighted by Crippen LogP contribution is -2.43. The number of aromatic nitrogens is 2. The van der Waals surface area contributed by atoms with Crippen molar-refractivity contribution in [1.29, 1.82) is 0 Å². The van der Waals surface area contributed by atoms with Gasteiger partial charge in [-0.3, -0.25) is 9.69 Å². The van der Waals surface area contributed by atoms with Crippen LogP contribution in [0, 0.1) is 11.8 Å². The molecular weight excluding hydrogens is 398 g/mol. The number of hydrogen-bond donors (Lipinski definition) is 0. The molecule has 4 rings (SSSR count). The van der Waals surface area contributed by atoms with Crippen LogP contribution >= 0.6 is 0 Å². The molecule has 0 bridgehead atoms. The molecule has 0 unspecified atom stereocenters. The molecule has 32 heavy (non-hydrogen) atoms. The molecule has 1 saturated heterocycles. The first kappa shape index (κ1) is 22.5. The van der Waals surface area contributed by atoms with Crippen LogP contribution in [0.25, 0.3) is 0 Å². The molecule has 1 amide bonds. The molecule has 6 nitrogen and oxygen atoms in total. The molecule has 6 heteroatoms. The predicted octanol–water partition coefficient (Wildman–Crippen LogP) is 3.40. The first-order valence-electron chi connectivity index (χ1n) is 11.8. The van der Waals surface area contributed by atoms with E-state index in [-0.39, 0.29) is 5.92 Å². The largest absolute Gasteiger partial charge is 0.347 e. The van der Waals surface area contributed by atoms with Gasteiger partial charge in [0.05, 0.1) is 0 Å². The van der Waals surface area contributed by atoms with Crippen LogP contribution in [0.5, 0.6) is 0 Å². The van der Waals surface area contributed by atoms with Crippen molar-refractivity contribution >= 4 is 11.9 Å². The molecule has 1 aromatic carbocycles. The van der Waals surface area contributed by atoms with Gasteiger partial charge in [0.25, 0.3) is 0 Å². The number of nitrogens with zero attached hydrogens (tertiary/aromatic N) is 5. The molecule has 0 radical (unpaired) electrons. The van der Waals surface area contributed by atoms with Crippen LogP contribution in [-0.4, -0.2) is 65.9 Å². The molecule has 1 aromatic heterocycles. The number of carbonyl (C=O) groups excluding carboxylic acids is 1. The van der Waals surface area contributed by atoms with Gasteiger partial charge >= 0.3 is 0 Å². The van der Waals surface area contributed by atoms with Gasteiger partial charge in [0, 0.05) is 57.6 Å². The number of piperidine rings is 1. The SMILES string of the molecule is CN(C)c1ncc(CN2CCC([C@H]3CC=CCN(CCc4ccccc4)C3=O)CC2)cn1. The van der Waals surface area contributed by atoms with E-state index < -0.39 is 0 Å². The minimum Gasteiger partial charge on any atom is -0.347 e. The van der Waals surface area contributed by atoms with Crippen molar-refractivity contribution in [3.05, 3.63) is 66.0 Å². The monoisotopic (exact) mass is 433 g/mol. The summed E-state index contributed by atoms with van der Waals surface area (Å²) in [6, 6.07) is 10.5. The fourth-order valence-corrected chi connectivity index (χ4v) is 4.81. The summed E-state index contributed by atoms with van der Waals surface area (Å²) in [7, 11) is 3.90. The summed E-state index contributed by atoms with van der Waals surface area (Å²) in [4.78, 5) is 28.7. The normalized spacial score (nSPS) is 20.4. The number of amides is 1. The van der Waals surface area contributed by atoms with Gasteiger partial charge in [0.1, 0.15) is 0 Å². The van der Waals surface area contributed by atoms with Crippen LogP contribution in [0.2, 0.25) is 0 Å². The van der Waals surface area contributed by atoms with Gasteiger partial charge in [-0.15, -0.1) is 0 Å². The smallest absolute Gasteiger partial charge is 0.226 e. The molecule has 2 aliphatic rings. The lowest BCUT2D eigenvalue weighted by Gasteiger charge is -2.36. The Morgan fingerprint density at radius 3 is 2.41 bits per heavy atom. The van der Waals surface area contributed by atoms with E-state index in [9.17, 15) is 4.79 Å². The van der Waals surface area contributed by atoms with Gasteiger partial charge in [0.15, 0.2) is 0 Å². The van der Waals surface area contributed by atoms with E-state index in [1.807, 2.05) is 37.5 Å². The summed E-state index contributed by atoms with van der Waals surface area (Å²) in [5.41, 5.74) is 2.44. The Kier molecular flexibility index (Phi) is 7.53. The molecule has 170 valence electrons. The first-order chi connectivity index (χ1) is 15.6. The zero-order valence-electron chi connectivity index (χ0n) is 19.4. The molecule has 1 fully saturated rings. The predicted molar refractivity (Wildman–Crippen MR) is 128 cm³/mol. The maximum Gasteiger partial charge on any atom is 0.226 e. The third-order valence-corrected chi connectivity index (χ3v) is 6.72. The van der Waals surface area contributed by atoms with E-state index in [0.717, 1.165) is 69.9 Å². The summed E-state index contributed by atoms with van der Waals surface area (Å²) in [5, 5.41) is 0. The van der Waals surface area contributed by atoms with Gasteiger partial charge in [-0.2, -0.15) is 0 Å². The number of allylic oxidation sites excluding steroid dienone is 1. The highest BCUT2D eigenvalue weighted by Gasteiger charge is 2.34. The summed E-state index contributed by atoms with van der Waals surface area (Å²) in [6.07, 6.45) is 12.2. The number of likely N-dealkylation sites (tertiary alicyclic amines) is 1. The first-order valence-corrected chi connectivity index (χ1v) is 11.8. The summed E-state index contributed by atoms with van der Waals surface area (Å²) >= 11 is 0. The molecule has 0 spiro atoms. The highest BCUT2D eigenvalue weighted by molar-refractivity contribution is 5.80. The highest BCUT2D eigenvalue weighted by Crippen LogP contribution is 2.31. The second kappa shape index (κ2) is 10.7. The van der Waals surface area contributed by atoms with Crippen molar-refractivity contribution in [1.82, 2.24) is 19.8 Å². The van der Waals surface area contributed by atoms with E-state index in [0.29, 0.717) is 11.8 Å². The standard InChI is InChI=1S/C26H35N5O/c1-29(2)26-27-18-22(19-28-26)20-30-15-12-23(13-16-30)24-10-6-7-14-31(25(24)32)17-11-21-8-4-3-5-9-21/h3-9,18-19,23-24H,10-17,20H2,1-2H3/t24-/m1/s1. The Labute approximate surface area is 192 Å². The third kappa shape index (κ3) is 5.74. The summed E-state index contributed by atoms with van der Waals surface area (Å²) in [6.45, 7) is 4.47. The molecule has 2 aromatic rings. The second-order valence-electron chi connectivity index (χ2n) is 9.23. The zero-order chi connectivity index (χ0) is 22.3. The van der Waals surface area contributed by atoms with Gasteiger partial charge in [-0.05, 0) is 50.3 Å². The summed E-state index contributed by atoms with van der Waals surface area (Å²) < 4.78 is 0. The number of rotatable bonds is 7. The van der Waals surface area contributed by atoms with Gasteiger partial charge in [0.2, 0.25) is 11.9 Å². The number of anilines is 1. The lowest BCUT2D eigenvalue weighted by molar-refractivity contribution is -0.137. The van der Waals surface area contributed by atoms with Crippen LogP contribution in [0.15, 0.2) is 54.9 Å². The molecule has 1 atom stereocenters. The van der Waals surface area contributed by atoms with E-state index in [1.165, 1.54) is 5.56 Å². The van der Waals surface area contributed by atoms with Gasteiger partial charge < -0.3 is 9.80 Å². The maximum atomic E-state index is 13.4. The third-order valence-electron chi connectivity index (χ3n) is 6.72. The number of benzene rings is 1. The van der Waals surface area contributed by atoms with E-state index >= 15 is 0 Å². The van der Waals surface area contributed by atoms with Gasteiger partial charge in [-0.25, -0.2) is 9.97 Å². The van der Waals surface area contributed by atoms with Crippen LogP contribution in [0.4, 0.5) is 5.95 Å². The summed E-state index contributed by atoms with van der Waals surface area (Å²) in [5.74, 6) is 1.67. The van der Waals surface area contributed by atoms with Crippen molar-refractivity contribution in [2.45, 2.75) is 32.2 Å². The van der Waals surface area contributed by atoms with Crippen LogP contribution in [0.3, 0.4) is 0 Å². The van der Waals surface area contributed by atoms with E-state index in [1.54, 1.807) is 0 Å². The molecule has 2 aliphatic heterocycles.